The van der Waals surface area contributed by atoms with Gasteiger partial charge in [-0.1, -0.05) is 52.3 Å². The van der Waals surface area contributed by atoms with Crippen molar-refractivity contribution in [2.24, 2.45) is 0 Å². The summed E-state index contributed by atoms with van der Waals surface area (Å²) in [6.45, 7) is 2.17. The molecule has 0 bridgehead atoms. The summed E-state index contributed by atoms with van der Waals surface area (Å²) in [6.07, 6.45) is 0. The standard InChI is InChI=1S/C15H13BrO2/c1-11-6-2-4-8-13(11)15(17)18-10-12-7-3-5-9-14(12)16/h2-9H,10H2,1H3. The maximum absolute atomic E-state index is 11.9. The van der Waals surface area contributed by atoms with E-state index < -0.39 is 0 Å². The number of aryl methyl sites for hydroxylation is 1. The van der Waals surface area contributed by atoms with Gasteiger partial charge in [0.2, 0.25) is 0 Å². The molecule has 0 fully saturated rings. The lowest BCUT2D eigenvalue weighted by Gasteiger charge is -2.08. The average molecular weight is 305 g/mol. The van der Waals surface area contributed by atoms with Crippen molar-refractivity contribution in [3.8, 4) is 0 Å². The van der Waals surface area contributed by atoms with E-state index in [-0.39, 0.29) is 12.6 Å². The Bertz CT molecular complexity index is 564. The van der Waals surface area contributed by atoms with Crippen LogP contribution in [0.3, 0.4) is 0 Å². The quantitative estimate of drug-likeness (QED) is 0.798. The Kier molecular flexibility index (Phi) is 4.15. The van der Waals surface area contributed by atoms with Crippen LogP contribution < -0.4 is 0 Å². The van der Waals surface area contributed by atoms with Crippen molar-refractivity contribution < 1.29 is 9.53 Å². The van der Waals surface area contributed by atoms with E-state index in [9.17, 15) is 4.79 Å². The first-order chi connectivity index (χ1) is 8.68. The van der Waals surface area contributed by atoms with E-state index in [1.54, 1.807) is 6.07 Å². The summed E-state index contributed by atoms with van der Waals surface area (Å²) in [5.74, 6) is -0.288. The summed E-state index contributed by atoms with van der Waals surface area (Å²) >= 11 is 3.43. The number of hydrogen-bond acceptors (Lipinski definition) is 2. The normalized spacial score (nSPS) is 10.1. The maximum atomic E-state index is 11.9. The van der Waals surface area contributed by atoms with Gasteiger partial charge in [-0.05, 0) is 24.6 Å². The van der Waals surface area contributed by atoms with Gasteiger partial charge in [0.1, 0.15) is 6.61 Å². The topological polar surface area (TPSA) is 26.3 Å². The van der Waals surface area contributed by atoms with Crippen molar-refractivity contribution in [3.05, 3.63) is 69.7 Å². The Morgan fingerprint density at radius 2 is 1.78 bits per heavy atom. The van der Waals surface area contributed by atoms with Crippen LogP contribution in [0.1, 0.15) is 21.5 Å². The minimum atomic E-state index is -0.288. The molecule has 2 nitrogen and oxygen atoms in total. The molecule has 0 saturated carbocycles. The molecule has 0 amide bonds. The van der Waals surface area contributed by atoms with E-state index in [0.29, 0.717) is 5.56 Å². The second-order valence-electron chi connectivity index (χ2n) is 3.98. The molecule has 0 saturated heterocycles. The molecule has 2 aromatic carbocycles. The Balaban J connectivity index is 2.06. The Morgan fingerprint density at radius 3 is 2.50 bits per heavy atom. The second kappa shape index (κ2) is 5.83. The van der Waals surface area contributed by atoms with Crippen LogP contribution in [0.25, 0.3) is 0 Å². The van der Waals surface area contributed by atoms with Gasteiger partial charge in [-0.2, -0.15) is 0 Å². The number of benzene rings is 2. The highest BCUT2D eigenvalue weighted by Gasteiger charge is 2.10. The van der Waals surface area contributed by atoms with Crippen molar-refractivity contribution in [1.29, 1.82) is 0 Å². The Labute approximate surface area is 115 Å². The monoisotopic (exact) mass is 304 g/mol. The van der Waals surface area contributed by atoms with Crippen LogP contribution in [0, 0.1) is 6.92 Å². The highest BCUT2D eigenvalue weighted by molar-refractivity contribution is 9.10. The molecule has 92 valence electrons. The Hall–Kier alpha value is -1.61. The van der Waals surface area contributed by atoms with Crippen LogP contribution in [-0.2, 0) is 11.3 Å². The first-order valence-corrected chi connectivity index (χ1v) is 6.44. The third-order valence-corrected chi connectivity index (χ3v) is 3.46. The molecular weight excluding hydrogens is 292 g/mol. The van der Waals surface area contributed by atoms with E-state index in [0.717, 1.165) is 15.6 Å². The zero-order chi connectivity index (χ0) is 13.0. The van der Waals surface area contributed by atoms with Crippen LogP contribution in [0.15, 0.2) is 53.0 Å². The minimum Gasteiger partial charge on any atom is -0.457 e. The van der Waals surface area contributed by atoms with Crippen LogP contribution in [0.2, 0.25) is 0 Å². The largest absolute Gasteiger partial charge is 0.457 e. The predicted octanol–water partition coefficient (Wildman–Crippen LogP) is 4.11. The number of esters is 1. The average Bonchev–Trinajstić information content (AvgIpc) is 2.38. The smallest absolute Gasteiger partial charge is 0.338 e. The number of halogens is 1. The van der Waals surface area contributed by atoms with Crippen LogP contribution in [0.4, 0.5) is 0 Å². The van der Waals surface area contributed by atoms with Gasteiger partial charge in [-0.25, -0.2) is 4.79 Å². The third-order valence-electron chi connectivity index (χ3n) is 2.68. The summed E-state index contributed by atoms with van der Waals surface area (Å²) in [7, 11) is 0. The number of ether oxygens (including phenoxy) is 1. The lowest BCUT2D eigenvalue weighted by atomic mass is 10.1. The van der Waals surface area contributed by atoms with Gasteiger partial charge in [-0.15, -0.1) is 0 Å². The summed E-state index contributed by atoms with van der Waals surface area (Å²) in [5, 5.41) is 0. The highest BCUT2D eigenvalue weighted by atomic mass is 79.9. The second-order valence-corrected chi connectivity index (χ2v) is 4.84. The molecule has 2 aromatic rings. The fraction of sp³-hybridized carbons (Fsp3) is 0.133. The van der Waals surface area contributed by atoms with Crippen LogP contribution in [-0.4, -0.2) is 5.97 Å². The van der Waals surface area contributed by atoms with E-state index in [2.05, 4.69) is 15.9 Å². The van der Waals surface area contributed by atoms with Gasteiger partial charge in [0.05, 0.1) is 5.56 Å². The molecule has 0 aliphatic heterocycles. The van der Waals surface area contributed by atoms with Gasteiger partial charge >= 0.3 is 5.97 Å². The summed E-state index contributed by atoms with van der Waals surface area (Å²) in [6, 6.07) is 15.1. The molecule has 0 aliphatic rings. The number of rotatable bonds is 3. The van der Waals surface area contributed by atoms with Gasteiger partial charge in [0.25, 0.3) is 0 Å². The molecule has 0 atom stereocenters. The van der Waals surface area contributed by atoms with E-state index in [1.807, 2.05) is 49.4 Å². The van der Waals surface area contributed by atoms with Crippen LogP contribution >= 0.6 is 15.9 Å². The SMILES string of the molecule is Cc1ccccc1C(=O)OCc1ccccc1Br. The summed E-state index contributed by atoms with van der Waals surface area (Å²) in [5.41, 5.74) is 2.50. The number of carbonyl (C=O) groups excluding carboxylic acids is 1. The van der Waals surface area contributed by atoms with Gasteiger partial charge in [-0.3, -0.25) is 0 Å². The van der Waals surface area contributed by atoms with Gasteiger partial charge in [0.15, 0.2) is 0 Å². The predicted molar refractivity (Wildman–Crippen MR) is 74.4 cm³/mol. The van der Waals surface area contributed by atoms with Crippen molar-refractivity contribution >= 4 is 21.9 Å². The summed E-state index contributed by atoms with van der Waals surface area (Å²) < 4.78 is 6.25. The highest BCUT2D eigenvalue weighted by Crippen LogP contribution is 2.17. The molecule has 3 heteroatoms. The van der Waals surface area contributed by atoms with Gasteiger partial charge in [0, 0.05) is 10.0 Å². The Morgan fingerprint density at radius 1 is 1.11 bits per heavy atom. The first-order valence-electron chi connectivity index (χ1n) is 5.64. The number of hydrogen-bond donors (Lipinski definition) is 0. The van der Waals surface area contributed by atoms with Crippen molar-refractivity contribution in [2.45, 2.75) is 13.5 Å². The first kappa shape index (κ1) is 12.8. The molecule has 0 heterocycles. The lowest BCUT2D eigenvalue weighted by Crippen LogP contribution is -2.07. The fourth-order valence-corrected chi connectivity index (χ4v) is 2.04. The fourth-order valence-electron chi connectivity index (χ4n) is 1.64. The number of carbonyl (C=O) groups is 1. The zero-order valence-electron chi connectivity index (χ0n) is 10.0. The molecule has 2 rings (SSSR count). The minimum absolute atomic E-state index is 0.272. The molecular formula is C15H13BrO2. The van der Waals surface area contributed by atoms with Crippen LogP contribution in [0.5, 0.6) is 0 Å². The van der Waals surface area contributed by atoms with Gasteiger partial charge < -0.3 is 4.74 Å². The molecule has 0 N–H and O–H groups in total. The van der Waals surface area contributed by atoms with E-state index in [1.165, 1.54) is 0 Å². The molecule has 18 heavy (non-hydrogen) atoms. The van der Waals surface area contributed by atoms with E-state index in [4.69, 9.17) is 4.74 Å². The lowest BCUT2D eigenvalue weighted by molar-refractivity contribution is 0.0471. The molecule has 0 unspecified atom stereocenters. The van der Waals surface area contributed by atoms with E-state index >= 15 is 0 Å². The third kappa shape index (κ3) is 2.99. The maximum Gasteiger partial charge on any atom is 0.338 e. The van der Waals surface area contributed by atoms with Crippen molar-refractivity contribution in [2.75, 3.05) is 0 Å². The zero-order valence-corrected chi connectivity index (χ0v) is 11.6. The molecule has 0 aromatic heterocycles. The van der Waals surface area contributed by atoms with Crippen molar-refractivity contribution in [3.63, 3.8) is 0 Å². The van der Waals surface area contributed by atoms with Crippen molar-refractivity contribution in [1.82, 2.24) is 0 Å². The summed E-state index contributed by atoms with van der Waals surface area (Å²) in [4.78, 5) is 11.9. The molecule has 0 radical (unpaired) electrons. The molecule has 0 spiro atoms. The molecule has 0 aliphatic carbocycles.